The molecule has 0 saturated carbocycles. The van der Waals surface area contributed by atoms with E-state index in [1.807, 2.05) is 0 Å². The summed E-state index contributed by atoms with van der Waals surface area (Å²) >= 11 is 0. The van der Waals surface area contributed by atoms with Gasteiger partial charge in [-0.1, -0.05) is 32.9 Å². The summed E-state index contributed by atoms with van der Waals surface area (Å²) in [6, 6.07) is 6.60. The summed E-state index contributed by atoms with van der Waals surface area (Å²) in [7, 11) is 0. The van der Waals surface area contributed by atoms with Crippen LogP contribution in [0.15, 0.2) is 18.2 Å². The highest BCUT2D eigenvalue weighted by molar-refractivity contribution is 5.42. The zero-order chi connectivity index (χ0) is 11.8. The maximum Gasteiger partial charge on any atom is 0.123 e. The van der Waals surface area contributed by atoms with Crippen molar-refractivity contribution in [1.82, 2.24) is 0 Å². The third-order valence-corrected chi connectivity index (χ3v) is 3.16. The molecule has 0 saturated heterocycles. The molecule has 1 aromatic carbocycles. The smallest absolute Gasteiger partial charge is 0.123 e. The average molecular weight is 219 g/mol. The Labute approximate surface area is 97.8 Å². The van der Waals surface area contributed by atoms with Crippen LogP contribution in [0.2, 0.25) is 0 Å². The second kappa shape index (κ2) is 4.10. The Balaban J connectivity index is 2.21. The minimum Gasteiger partial charge on any atom is -0.490 e. The highest BCUT2D eigenvalue weighted by atomic mass is 16.5. The summed E-state index contributed by atoms with van der Waals surface area (Å²) in [5, 5.41) is 0. The van der Waals surface area contributed by atoms with Crippen molar-refractivity contribution in [3.05, 3.63) is 29.3 Å². The van der Waals surface area contributed by atoms with E-state index in [0.717, 1.165) is 18.6 Å². The molecule has 0 radical (unpaired) electrons. The fourth-order valence-electron chi connectivity index (χ4n) is 2.11. The fraction of sp³-hybridized carbons (Fsp3) is 0.571. The Morgan fingerprint density at radius 1 is 1.38 bits per heavy atom. The SMILES string of the molecule is CC(C)(C)c1ccc2c(c1)OC(CCN)C2. The van der Waals surface area contributed by atoms with Gasteiger partial charge in [-0.2, -0.15) is 0 Å². The van der Waals surface area contributed by atoms with Gasteiger partial charge in [0.2, 0.25) is 0 Å². The van der Waals surface area contributed by atoms with Crippen LogP contribution in [0, 0.1) is 0 Å². The Hall–Kier alpha value is -1.02. The molecule has 1 aliphatic heterocycles. The van der Waals surface area contributed by atoms with Gasteiger partial charge in [-0.15, -0.1) is 0 Å². The molecule has 1 aliphatic rings. The predicted molar refractivity (Wildman–Crippen MR) is 66.9 cm³/mol. The van der Waals surface area contributed by atoms with Gasteiger partial charge in [-0.25, -0.2) is 0 Å². The van der Waals surface area contributed by atoms with Gasteiger partial charge in [0, 0.05) is 6.42 Å². The normalized spacial score (nSPS) is 19.4. The lowest BCUT2D eigenvalue weighted by Gasteiger charge is -2.19. The molecule has 88 valence electrons. The van der Waals surface area contributed by atoms with E-state index in [-0.39, 0.29) is 11.5 Å². The second-order valence-electron chi connectivity index (χ2n) is 5.59. The first-order valence-corrected chi connectivity index (χ1v) is 6.01. The first-order chi connectivity index (χ1) is 7.50. The lowest BCUT2D eigenvalue weighted by molar-refractivity contribution is 0.224. The Bertz CT molecular complexity index is 379. The number of nitrogens with two attached hydrogens (primary N) is 1. The van der Waals surface area contributed by atoms with E-state index < -0.39 is 0 Å². The molecule has 0 aromatic heterocycles. The van der Waals surface area contributed by atoms with Crippen LogP contribution in [-0.4, -0.2) is 12.6 Å². The molecule has 0 bridgehead atoms. The van der Waals surface area contributed by atoms with Crippen LogP contribution in [0.4, 0.5) is 0 Å². The molecule has 2 heteroatoms. The molecule has 1 unspecified atom stereocenters. The van der Waals surface area contributed by atoms with E-state index in [2.05, 4.69) is 39.0 Å². The molecule has 1 heterocycles. The molecule has 1 aromatic rings. The van der Waals surface area contributed by atoms with Crippen molar-refractivity contribution in [2.75, 3.05) is 6.54 Å². The van der Waals surface area contributed by atoms with Crippen LogP contribution in [0.1, 0.15) is 38.3 Å². The van der Waals surface area contributed by atoms with Gasteiger partial charge in [0.15, 0.2) is 0 Å². The molecule has 0 spiro atoms. The van der Waals surface area contributed by atoms with Crippen LogP contribution < -0.4 is 10.5 Å². The number of hydrogen-bond donors (Lipinski definition) is 1. The molecule has 0 fully saturated rings. The van der Waals surface area contributed by atoms with Crippen molar-refractivity contribution >= 4 is 0 Å². The van der Waals surface area contributed by atoms with Crippen molar-refractivity contribution in [3.63, 3.8) is 0 Å². The topological polar surface area (TPSA) is 35.2 Å². The maximum absolute atomic E-state index is 5.90. The van der Waals surface area contributed by atoms with Crippen LogP contribution in [0.3, 0.4) is 0 Å². The van der Waals surface area contributed by atoms with Crippen molar-refractivity contribution < 1.29 is 4.74 Å². The lowest BCUT2D eigenvalue weighted by Crippen LogP contribution is -2.17. The molecule has 2 N–H and O–H groups in total. The zero-order valence-corrected chi connectivity index (χ0v) is 10.4. The molecule has 0 aliphatic carbocycles. The van der Waals surface area contributed by atoms with E-state index in [1.165, 1.54) is 11.1 Å². The minimum atomic E-state index is 0.185. The first-order valence-electron chi connectivity index (χ1n) is 6.01. The van der Waals surface area contributed by atoms with Crippen LogP contribution >= 0.6 is 0 Å². The third-order valence-electron chi connectivity index (χ3n) is 3.16. The van der Waals surface area contributed by atoms with E-state index in [1.54, 1.807) is 0 Å². The van der Waals surface area contributed by atoms with Gasteiger partial charge in [-0.05, 0) is 35.6 Å². The number of rotatable bonds is 2. The van der Waals surface area contributed by atoms with Crippen molar-refractivity contribution in [2.24, 2.45) is 5.73 Å². The molecule has 0 amide bonds. The van der Waals surface area contributed by atoms with Gasteiger partial charge >= 0.3 is 0 Å². The van der Waals surface area contributed by atoms with Crippen LogP contribution in [0.5, 0.6) is 5.75 Å². The first kappa shape index (κ1) is 11.5. The maximum atomic E-state index is 5.90. The largest absolute Gasteiger partial charge is 0.490 e. The van der Waals surface area contributed by atoms with E-state index in [4.69, 9.17) is 10.5 Å². The van der Waals surface area contributed by atoms with E-state index in [0.29, 0.717) is 6.54 Å². The number of ether oxygens (including phenoxy) is 1. The van der Waals surface area contributed by atoms with Crippen LogP contribution in [0.25, 0.3) is 0 Å². The highest BCUT2D eigenvalue weighted by Gasteiger charge is 2.24. The fourth-order valence-corrected chi connectivity index (χ4v) is 2.11. The summed E-state index contributed by atoms with van der Waals surface area (Å²) in [5.74, 6) is 1.06. The second-order valence-corrected chi connectivity index (χ2v) is 5.59. The van der Waals surface area contributed by atoms with Gasteiger partial charge in [-0.3, -0.25) is 0 Å². The summed E-state index contributed by atoms with van der Waals surface area (Å²) in [4.78, 5) is 0. The third kappa shape index (κ3) is 2.22. The summed E-state index contributed by atoms with van der Waals surface area (Å²) in [6.45, 7) is 7.37. The molecular weight excluding hydrogens is 198 g/mol. The monoisotopic (exact) mass is 219 g/mol. The summed E-state index contributed by atoms with van der Waals surface area (Å²) in [6.07, 6.45) is 2.24. The zero-order valence-electron chi connectivity index (χ0n) is 10.4. The summed E-state index contributed by atoms with van der Waals surface area (Å²) in [5.41, 5.74) is 8.41. The molecule has 1 atom stereocenters. The average Bonchev–Trinajstić information content (AvgIpc) is 2.57. The van der Waals surface area contributed by atoms with Gasteiger partial charge < -0.3 is 10.5 Å². The van der Waals surface area contributed by atoms with Gasteiger partial charge in [0.25, 0.3) is 0 Å². The van der Waals surface area contributed by atoms with Crippen molar-refractivity contribution in [2.45, 2.75) is 45.1 Å². The Morgan fingerprint density at radius 3 is 2.75 bits per heavy atom. The van der Waals surface area contributed by atoms with Gasteiger partial charge in [0.1, 0.15) is 11.9 Å². The summed E-state index contributed by atoms with van der Waals surface area (Å²) < 4.78 is 5.90. The number of hydrogen-bond acceptors (Lipinski definition) is 2. The highest BCUT2D eigenvalue weighted by Crippen LogP contribution is 2.34. The molecule has 16 heavy (non-hydrogen) atoms. The molecule has 2 rings (SSSR count). The van der Waals surface area contributed by atoms with Crippen molar-refractivity contribution in [1.29, 1.82) is 0 Å². The number of benzene rings is 1. The van der Waals surface area contributed by atoms with E-state index in [9.17, 15) is 0 Å². The molecular formula is C14H21NO. The minimum absolute atomic E-state index is 0.185. The Morgan fingerprint density at radius 2 is 2.12 bits per heavy atom. The standard InChI is InChI=1S/C14H21NO/c1-14(2,3)11-5-4-10-8-12(6-7-15)16-13(10)9-11/h4-5,9,12H,6-8,15H2,1-3H3. The van der Waals surface area contributed by atoms with E-state index >= 15 is 0 Å². The van der Waals surface area contributed by atoms with Gasteiger partial charge in [0.05, 0.1) is 0 Å². The lowest BCUT2D eigenvalue weighted by atomic mass is 9.86. The van der Waals surface area contributed by atoms with Crippen LogP contribution in [-0.2, 0) is 11.8 Å². The Kier molecular flexibility index (Phi) is 2.94. The molecule has 2 nitrogen and oxygen atoms in total. The quantitative estimate of drug-likeness (QED) is 0.830. The number of fused-ring (bicyclic) bond motifs is 1. The predicted octanol–water partition coefficient (Wildman–Crippen LogP) is 2.64. The van der Waals surface area contributed by atoms with Crippen molar-refractivity contribution in [3.8, 4) is 5.75 Å².